The molecule has 0 atom stereocenters. The summed E-state index contributed by atoms with van der Waals surface area (Å²) < 4.78 is 11.7. The van der Waals surface area contributed by atoms with Crippen LogP contribution in [0.2, 0.25) is 0 Å². The quantitative estimate of drug-likeness (QED) is 0.362. The maximum Gasteiger partial charge on any atom is 0.119 e. The zero-order chi connectivity index (χ0) is 20.3. The van der Waals surface area contributed by atoms with Gasteiger partial charge in [-0.2, -0.15) is 0 Å². The lowest BCUT2D eigenvalue weighted by Crippen LogP contribution is -2.19. The van der Waals surface area contributed by atoms with E-state index in [-0.39, 0.29) is 0 Å². The smallest absolute Gasteiger partial charge is 0.119 e. The number of unbranched alkanes of at least 4 members (excludes halogenated alkanes) is 1. The maximum atomic E-state index is 6.02. The first-order chi connectivity index (χ1) is 14.3. The van der Waals surface area contributed by atoms with Gasteiger partial charge in [-0.05, 0) is 79.6 Å². The highest BCUT2D eigenvalue weighted by atomic mass is 16.5. The van der Waals surface area contributed by atoms with Gasteiger partial charge in [0.05, 0.1) is 13.2 Å². The van der Waals surface area contributed by atoms with Crippen LogP contribution in [0.5, 0.6) is 11.5 Å². The number of hydrogen-bond acceptors (Lipinski definition) is 2. The summed E-state index contributed by atoms with van der Waals surface area (Å²) in [5, 5.41) is 0. The highest BCUT2D eigenvalue weighted by molar-refractivity contribution is 5.45. The minimum absolute atomic E-state index is 0.714. The first-order valence-corrected chi connectivity index (χ1v) is 11.2. The summed E-state index contributed by atoms with van der Waals surface area (Å²) in [7, 11) is 0. The van der Waals surface area contributed by atoms with E-state index in [9.17, 15) is 0 Å². The van der Waals surface area contributed by atoms with E-state index in [4.69, 9.17) is 9.47 Å². The third-order valence-electron chi connectivity index (χ3n) is 5.86. The van der Waals surface area contributed by atoms with Gasteiger partial charge in [0.25, 0.3) is 0 Å². The fraction of sp³-hybridized carbons (Fsp3) is 0.481. The molecule has 3 rings (SSSR count). The summed E-state index contributed by atoms with van der Waals surface area (Å²) in [6.45, 7) is 6.09. The molecule has 2 aromatic rings. The lowest BCUT2D eigenvalue weighted by atomic mass is 9.81. The lowest BCUT2D eigenvalue weighted by Gasteiger charge is -2.27. The van der Waals surface area contributed by atoms with Gasteiger partial charge < -0.3 is 9.47 Å². The summed E-state index contributed by atoms with van der Waals surface area (Å²) in [6, 6.07) is 16.2. The van der Waals surface area contributed by atoms with Crippen LogP contribution in [-0.2, 0) is 0 Å². The highest BCUT2D eigenvalue weighted by Crippen LogP contribution is 2.31. The van der Waals surface area contributed by atoms with Gasteiger partial charge >= 0.3 is 0 Å². The fourth-order valence-corrected chi connectivity index (χ4v) is 3.77. The van der Waals surface area contributed by atoms with Gasteiger partial charge in [0.15, 0.2) is 0 Å². The van der Waals surface area contributed by atoms with Crippen molar-refractivity contribution in [3.8, 4) is 23.3 Å². The molecular weight excluding hydrogens is 356 g/mol. The molecule has 29 heavy (non-hydrogen) atoms. The van der Waals surface area contributed by atoms with Crippen molar-refractivity contribution in [3.63, 3.8) is 0 Å². The average molecular weight is 391 g/mol. The Hall–Kier alpha value is -2.40. The van der Waals surface area contributed by atoms with Gasteiger partial charge in [-0.3, -0.25) is 0 Å². The molecule has 0 bridgehead atoms. The molecule has 1 aliphatic carbocycles. The third-order valence-corrected chi connectivity index (χ3v) is 5.86. The Morgan fingerprint density at radius 2 is 1.24 bits per heavy atom. The first-order valence-electron chi connectivity index (χ1n) is 11.2. The summed E-state index contributed by atoms with van der Waals surface area (Å²) in [6.07, 6.45) is 8.91. The molecule has 2 heteroatoms. The predicted molar refractivity (Wildman–Crippen MR) is 121 cm³/mol. The predicted octanol–water partition coefficient (Wildman–Crippen LogP) is 6.86. The Morgan fingerprint density at radius 1 is 0.724 bits per heavy atom. The van der Waals surface area contributed by atoms with Crippen LogP contribution in [0.1, 0.15) is 69.9 Å². The van der Waals surface area contributed by atoms with Crippen LogP contribution in [0.15, 0.2) is 48.5 Å². The van der Waals surface area contributed by atoms with E-state index in [1.54, 1.807) is 0 Å². The normalized spacial score (nSPS) is 18.6. The van der Waals surface area contributed by atoms with Crippen LogP contribution in [0, 0.1) is 23.7 Å². The van der Waals surface area contributed by atoms with Crippen molar-refractivity contribution in [2.24, 2.45) is 11.8 Å². The van der Waals surface area contributed by atoms with Crippen LogP contribution in [0.3, 0.4) is 0 Å². The van der Waals surface area contributed by atoms with E-state index in [1.807, 2.05) is 48.5 Å². The Bertz CT molecular complexity index is 772. The standard InChI is InChI=1S/C27H34O2/c1-3-5-20-28-26-16-12-23(13-17-26)8-9-24-14-18-27(19-15-24)29-21-25-10-6-22(4-2)7-11-25/h12-19,22,25H,3-7,10-11,20-21H2,1-2H3/t22-,25-. The van der Waals surface area contributed by atoms with Crippen molar-refractivity contribution < 1.29 is 9.47 Å². The Balaban J connectivity index is 1.46. The molecule has 0 radical (unpaired) electrons. The molecule has 154 valence electrons. The molecule has 0 aliphatic heterocycles. The molecule has 2 nitrogen and oxygen atoms in total. The zero-order valence-corrected chi connectivity index (χ0v) is 18.0. The van der Waals surface area contributed by atoms with Crippen molar-refractivity contribution in [1.29, 1.82) is 0 Å². The number of benzene rings is 2. The van der Waals surface area contributed by atoms with Crippen LogP contribution >= 0.6 is 0 Å². The molecule has 0 saturated heterocycles. The molecule has 0 amide bonds. The molecule has 0 unspecified atom stereocenters. The van der Waals surface area contributed by atoms with Crippen LogP contribution in [0.25, 0.3) is 0 Å². The van der Waals surface area contributed by atoms with Gasteiger partial charge in [-0.15, -0.1) is 0 Å². The van der Waals surface area contributed by atoms with Crippen LogP contribution < -0.4 is 9.47 Å². The monoisotopic (exact) mass is 390 g/mol. The molecule has 0 N–H and O–H groups in total. The largest absolute Gasteiger partial charge is 0.494 e. The van der Waals surface area contributed by atoms with Crippen molar-refractivity contribution in [2.45, 2.75) is 58.8 Å². The maximum absolute atomic E-state index is 6.02. The molecule has 1 saturated carbocycles. The topological polar surface area (TPSA) is 18.5 Å². The molecule has 0 aromatic heterocycles. The Kier molecular flexibility index (Phi) is 8.50. The van der Waals surface area contributed by atoms with E-state index in [0.717, 1.165) is 54.6 Å². The summed E-state index contributed by atoms with van der Waals surface area (Å²) in [4.78, 5) is 0. The highest BCUT2D eigenvalue weighted by Gasteiger charge is 2.20. The van der Waals surface area contributed by atoms with Crippen molar-refractivity contribution in [1.82, 2.24) is 0 Å². The van der Waals surface area contributed by atoms with Gasteiger partial charge in [0, 0.05) is 11.1 Å². The van der Waals surface area contributed by atoms with Gasteiger partial charge in [0.1, 0.15) is 11.5 Å². The molecule has 0 heterocycles. The number of ether oxygens (including phenoxy) is 2. The fourth-order valence-electron chi connectivity index (χ4n) is 3.77. The van der Waals surface area contributed by atoms with Crippen molar-refractivity contribution in [2.75, 3.05) is 13.2 Å². The van der Waals surface area contributed by atoms with E-state index in [1.165, 1.54) is 32.1 Å². The number of rotatable bonds is 8. The molecule has 1 aliphatic rings. The van der Waals surface area contributed by atoms with Crippen LogP contribution in [0.4, 0.5) is 0 Å². The molecule has 2 aromatic carbocycles. The summed E-state index contributed by atoms with van der Waals surface area (Å²) in [5.41, 5.74) is 2.00. The Morgan fingerprint density at radius 3 is 1.76 bits per heavy atom. The second-order valence-corrected chi connectivity index (χ2v) is 8.11. The minimum Gasteiger partial charge on any atom is -0.494 e. The van der Waals surface area contributed by atoms with Crippen molar-refractivity contribution >= 4 is 0 Å². The first kappa shape index (κ1) is 21.3. The van der Waals surface area contributed by atoms with Crippen LogP contribution in [-0.4, -0.2) is 13.2 Å². The van der Waals surface area contributed by atoms with E-state index in [2.05, 4.69) is 25.7 Å². The summed E-state index contributed by atoms with van der Waals surface area (Å²) in [5.74, 6) is 9.96. The number of hydrogen-bond donors (Lipinski definition) is 0. The van der Waals surface area contributed by atoms with E-state index >= 15 is 0 Å². The Labute approximate surface area is 176 Å². The minimum atomic E-state index is 0.714. The molecule has 0 spiro atoms. The lowest BCUT2D eigenvalue weighted by molar-refractivity contribution is 0.181. The second kappa shape index (κ2) is 11.6. The van der Waals surface area contributed by atoms with Gasteiger partial charge in [-0.25, -0.2) is 0 Å². The summed E-state index contributed by atoms with van der Waals surface area (Å²) >= 11 is 0. The average Bonchev–Trinajstić information content (AvgIpc) is 2.78. The van der Waals surface area contributed by atoms with Crippen molar-refractivity contribution in [3.05, 3.63) is 59.7 Å². The molecular formula is C27H34O2. The molecule has 1 fully saturated rings. The van der Waals surface area contributed by atoms with Gasteiger partial charge in [-0.1, -0.05) is 51.4 Å². The zero-order valence-electron chi connectivity index (χ0n) is 18.0. The van der Waals surface area contributed by atoms with Gasteiger partial charge in [0.2, 0.25) is 0 Å². The second-order valence-electron chi connectivity index (χ2n) is 8.11. The SMILES string of the molecule is CCCCOc1ccc(C#Cc2ccc(OC[C@H]3CC[C@H](CC)CC3)cc2)cc1. The third kappa shape index (κ3) is 7.17. The van der Waals surface area contributed by atoms with E-state index in [0.29, 0.717) is 5.92 Å². The van der Waals surface area contributed by atoms with E-state index < -0.39 is 0 Å².